The van der Waals surface area contributed by atoms with Crippen LogP contribution in [0.25, 0.3) is 0 Å². The first kappa shape index (κ1) is 12.3. The van der Waals surface area contributed by atoms with Gasteiger partial charge in [0, 0.05) is 44.2 Å². The molecule has 0 aromatic heterocycles. The van der Waals surface area contributed by atoms with Crippen LogP contribution >= 0.6 is 0 Å². The first-order valence-electron chi connectivity index (χ1n) is 5.77. The molecule has 1 unspecified atom stereocenters. The molecule has 1 aliphatic rings. The maximum Gasteiger partial charge on any atom is 0.127 e. The lowest BCUT2D eigenvalue weighted by molar-refractivity contribution is 0.0213. The second kappa shape index (κ2) is 4.63. The summed E-state index contributed by atoms with van der Waals surface area (Å²) in [5.41, 5.74) is 6.60. The molecule has 0 bridgehead atoms. The summed E-state index contributed by atoms with van der Waals surface area (Å²) in [6.07, 6.45) is 1.46. The van der Waals surface area contributed by atoms with E-state index in [0.717, 1.165) is 18.4 Å². The SMILES string of the molecule is COCCC1(C)C[C@@H](N)c2ccc(F)cc2O1. The topological polar surface area (TPSA) is 44.5 Å². The molecule has 1 aliphatic heterocycles. The third-order valence-electron chi connectivity index (χ3n) is 3.22. The van der Waals surface area contributed by atoms with Crippen molar-refractivity contribution < 1.29 is 13.9 Å². The lowest BCUT2D eigenvalue weighted by Gasteiger charge is -2.38. The molecule has 1 heterocycles. The smallest absolute Gasteiger partial charge is 0.127 e. The predicted molar refractivity (Wildman–Crippen MR) is 63.5 cm³/mol. The van der Waals surface area contributed by atoms with Gasteiger partial charge in [-0.2, -0.15) is 0 Å². The number of halogens is 1. The van der Waals surface area contributed by atoms with Crippen LogP contribution in [0.1, 0.15) is 31.4 Å². The largest absolute Gasteiger partial charge is 0.487 e. The molecule has 1 aromatic carbocycles. The molecule has 0 fully saturated rings. The minimum absolute atomic E-state index is 0.110. The molecular formula is C13H18FNO2. The van der Waals surface area contributed by atoms with Crippen molar-refractivity contribution in [2.45, 2.75) is 31.4 Å². The zero-order valence-corrected chi connectivity index (χ0v) is 10.2. The van der Waals surface area contributed by atoms with Crippen LogP contribution in [0, 0.1) is 5.82 Å². The van der Waals surface area contributed by atoms with Gasteiger partial charge < -0.3 is 15.2 Å². The molecule has 2 atom stereocenters. The van der Waals surface area contributed by atoms with Crippen molar-refractivity contribution in [3.63, 3.8) is 0 Å². The maximum atomic E-state index is 13.2. The third-order valence-corrected chi connectivity index (χ3v) is 3.22. The Balaban J connectivity index is 2.25. The van der Waals surface area contributed by atoms with Gasteiger partial charge in [0.15, 0.2) is 0 Å². The van der Waals surface area contributed by atoms with Crippen LogP contribution < -0.4 is 10.5 Å². The molecule has 0 saturated carbocycles. The van der Waals surface area contributed by atoms with Crippen molar-refractivity contribution in [2.75, 3.05) is 13.7 Å². The van der Waals surface area contributed by atoms with E-state index in [1.165, 1.54) is 12.1 Å². The van der Waals surface area contributed by atoms with Gasteiger partial charge in [-0.3, -0.25) is 0 Å². The average Bonchev–Trinajstić information content (AvgIpc) is 2.25. The number of fused-ring (bicyclic) bond motifs is 1. The van der Waals surface area contributed by atoms with Crippen molar-refractivity contribution in [3.05, 3.63) is 29.6 Å². The van der Waals surface area contributed by atoms with Crippen molar-refractivity contribution in [2.24, 2.45) is 5.73 Å². The van der Waals surface area contributed by atoms with Crippen LogP contribution in [-0.4, -0.2) is 19.3 Å². The highest BCUT2D eigenvalue weighted by atomic mass is 19.1. The minimum Gasteiger partial charge on any atom is -0.487 e. The van der Waals surface area contributed by atoms with Crippen LogP contribution in [0.15, 0.2) is 18.2 Å². The summed E-state index contributed by atoms with van der Waals surface area (Å²) < 4.78 is 24.1. The summed E-state index contributed by atoms with van der Waals surface area (Å²) in [6, 6.07) is 4.41. The number of rotatable bonds is 3. The molecule has 1 aromatic rings. The summed E-state index contributed by atoms with van der Waals surface area (Å²) in [5, 5.41) is 0. The van der Waals surface area contributed by atoms with E-state index in [-0.39, 0.29) is 17.5 Å². The first-order valence-corrected chi connectivity index (χ1v) is 5.77. The molecule has 0 amide bonds. The molecule has 0 radical (unpaired) electrons. The van der Waals surface area contributed by atoms with E-state index < -0.39 is 0 Å². The van der Waals surface area contributed by atoms with E-state index in [1.807, 2.05) is 6.92 Å². The molecule has 17 heavy (non-hydrogen) atoms. The number of methoxy groups -OCH3 is 1. The van der Waals surface area contributed by atoms with Gasteiger partial charge in [-0.25, -0.2) is 4.39 Å². The Labute approximate surface area is 101 Å². The zero-order chi connectivity index (χ0) is 12.5. The fourth-order valence-electron chi connectivity index (χ4n) is 2.26. The molecule has 0 saturated heterocycles. The minimum atomic E-state index is -0.379. The molecule has 2 N–H and O–H groups in total. The summed E-state index contributed by atoms with van der Waals surface area (Å²) in [6.45, 7) is 2.59. The van der Waals surface area contributed by atoms with Gasteiger partial charge in [0.2, 0.25) is 0 Å². The molecule has 4 heteroatoms. The Morgan fingerprint density at radius 3 is 3.06 bits per heavy atom. The quantitative estimate of drug-likeness (QED) is 0.881. The lowest BCUT2D eigenvalue weighted by Crippen LogP contribution is -2.41. The Hall–Kier alpha value is -1.13. The van der Waals surface area contributed by atoms with Gasteiger partial charge in [0.05, 0.1) is 0 Å². The third kappa shape index (κ3) is 2.58. The summed E-state index contributed by atoms with van der Waals surface area (Å²) in [7, 11) is 1.65. The Morgan fingerprint density at radius 1 is 1.59 bits per heavy atom. The van der Waals surface area contributed by atoms with E-state index in [1.54, 1.807) is 13.2 Å². The van der Waals surface area contributed by atoms with Crippen LogP contribution in [0.2, 0.25) is 0 Å². The fourth-order valence-corrected chi connectivity index (χ4v) is 2.26. The number of hydrogen-bond donors (Lipinski definition) is 1. The van der Waals surface area contributed by atoms with Gasteiger partial charge in [0.1, 0.15) is 17.2 Å². The summed E-state index contributed by atoms with van der Waals surface area (Å²) in [4.78, 5) is 0. The Kier molecular flexibility index (Phi) is 3.35. The second-order valence-corrected chi connectivity index (χ2v) is 4.79. The van der Waals surface area contributed by atoms with Crippen LogP contribution in [0.4, 0.5) is 4.39 Å². The molecule has 2 rings (SSSR count). The number of hydrogen-bond acceptors (Lipinski definition) is 3. The highest BCUT2D eigenvalue weighted by Crippen LogP contribution is 2.40. The Morgan fingerprint density at radius 2 is 2.35 bits per heavy atom. The molecule has 0 spiro atoms. The van der Waals surface area contributed by atoms with Crippen molar-refractivity contribution >= 4 is 0 Å². The molecular weight excluding hydrogens is 221 g/mol. The first-order chi connectivity index (χ1) is 8.04. The molecule has 0 aliphatic carbocycles. The van der Waals surface area contributed by atoms with E-state index in [4.69, 9.17) is 15.2 Å². The molecule has 94 valence electrons. The highest BCUT2D eigenvalue weighted by Gasteiger charge is 2.35. The number of nitrogens with two attached hydrogens (primary N) is 1. The highest BCUT2D eigenvalue weighted by molar-refractivity contribution is 5.39. The van der Waals surface area contributed by atoms with E-state index in [2.05, 4.69) is 0 Å². The van der Waals surface area contributed by atoms with Crippen molar-refractivity contribution in [1.29, 1.82) is 0 Å². The van der Waals surface area contributed by atoms with E-state index in [9.17, 15) is 4.39 Å². The van der Waals surface area contributed by atoms with Gasteiger partial charge >= 0.3 is 0 Å². The fraction of sp³-hybridized carbons (Fsp3) is 0.538. The summed E-state index contributed by atoms with van der Waals surface area (Å²) >= 11 is 0. The average molecular weight is 239 g/mol. The van der Waals surface area contributed by atoms with E-state index in [0.29, 0.717) is 12.4 Å². The van der Waals surface area contributed by atoms with Gasteiger partial charge in [-0.05, 0) is 13.0 Å². The number of ether oxygens (including phenoxy) is 2. The standard InChI is InChI=1S/C13H18FNO2/c1-13(5-6-16-2)8-11(15)10-4-3-9(14)7-12(10)17-13/h3-4,7,11H,5-6,8,15H2,1-2H3/t11-,13?/m1/s1. The lowest BCUT2D eigenvalue weighted by atomic mass is 9.87. The zero-order valence-electron chi connectivity index (χ0n) is 10.2. The van der Waals surface area contributed by atoms with Crippen LogP contribution in [0.5, 0.6) is 5.75 Å². The molecule has 3 nitrogen and oxygen atoms in total. The second-order valence-electron chi connectivity index (χ2n) is 4.79. The van der Waals surface area contributed by atoms with Crippen LogP contribution in [-0.2, 0) is 4.74 Å². The van der Waals surface area contributed by atoms with Gasteiger partial charge in [-0.15, -0.1) is 0 Å². The van der Waals surface area contributed by atoms with Gasteiger partial charge in [-0.1, -0.05) is 6.07 Å². The number of benzene rings is 1. The van der Waals surface area contributed by atoms with E-state index >= 15 is 0 Å². The van der Waals surface area contributed by atoms with Crippen LogP contribution in [0.3, 0.4) is 0 Å². The normalized spacial score (nSPS) is 27.4. The monoisotopic (exact) mass is 239 g/mol. The predicted octanol–water partition coefficient (Wildman–Crippen LogP) is 2.40. The Bertz CT molecular complexity index is 410. The maximum absolute atomic E-state index is 13.2. The van der Waals surface area contributed by atoms with Gasteiger partial charge in [0.25, 0.3) is 0 Å². The van der Waals surface area contributed by atoms with Crippen molar-refractivity contribution in [1.82, 2.24) is 0 Å². The summed E-state index contributed by atoms with van der Waals surface area (Å²) in [5.74, 6) is 0.259. The van der Waals surface area contributed by atoms with Crippen molar-refractivity contribution in [3.8, 4) is 5.75 Å².